The van der Waals surface area contributed by atoms with Crippen molar-refractivity contribution in [2.75, 3.05) is 23.6 Å². The van der Waals surface area contributed by atoms with Crippen molar-refractivity contribution in [3.8, 4) is 0 Å². The molecule has 1 aromatic carbocycles. The first-order valence-electron chi connectivity index (χ1n) is 7.17. The molecule has 0 saturated carbocycles. The van der Waals surface area contributed by atoms with Crippen LogP contribution in [0.15, 0.2) is 36.5 Å². The molecule has 0 aliphatic carbocycles. The first kappa shape index (κ1) is 15.7. The Bertz CT molecular complexity index is 686. The number of sulfonamides is 1. The molecule has 114 valence electrons. The molecule has 0 spiro atoms. The molecule has 2 N–H and O–H groups in total. The summed E-state index contributed by atoms with van der Waals surface area (Å²) in [5, 5.41) is 4.10. The fourth-order valence-corrected chi connectivity index (χ4v) is 3.23. The summed E-state index contributed by atoms with van der Waals surface area (Å²) in [6.07, 6.45) is 3.05. The number of fused-ring (bicyclic) bond motifs is 1. The van der Waals surface area contributed by atoms with Crippen LogP contribution in [0.3, 0.4) is 0 Å². The molecule has 0 radical (unpaired) electrons. The van der Waals surface area contributed by atoms with E-state index in [1.807, 2.05) is 31.2 Å². The van der Waals surface area contributed by atoms with E-state index in [1.54, 1.807) is 12.3 Å². The molecular formula is C15H21N3O2S. The lowest BCUT2D eigenvalue weighted by molar-refractivity contribution is 0.593. The Hall–Kier alpha value is -1.66. The Kier molecular flexibility index (Phi) is 5.52. The fourth-order valence-electron chi connectivity index (χ4n) is 2.08. The summed E-state index contributed by atoms with van der Waals surface area (Å²) in [6, 6.07) is 9.43. The van der Waals surface area contributed by atoms with Gasteiger partial charge in [0.15, 0.2) is 0 Å². The van der Waals surface area contributed by atoms with Gasteiger partial charge in [0.2, 0.25) is 10.0 Å². The van der Waals surface area contributed by atoms with Crippen molar-refractivity contribution >= 4 is 26.6 Å². The number of hydrogen-bond acceptors (Lipinski definition) is 4. The van der Waals surface area contributed by atoms with Crippen LogP contribution in [0.1, 0.15) is 19.8 Å². The average Bonchev–Trinajstić information content (AvgIpc) is 2.46. The van der Waals surface area contributed by atoms with Crippen molar-refractivity contribution in [3.63, 3.8) is 0 Å². The third-order valence-corrected chi connectivity index (χ3v) is 4.50. The zero-order valence-corrected chi connectivity index (χ0v) is 13.0. The Morgan fingerprint density at radius 3 is 2.81 bits per heavy atom. The molecule has 0 bridgehead atoms. The first-order valence-corrected chi connectivity index (χ1v) is 8.82. The summed E-state index contributed by atoms with van der Waals surface area (Å²) in [5.74, 6) is 0.130. The van der Waals surface area contributed by atoms with Crippen molar-refractivity contribution in [1.82, 2.24) is 10.3 Å². The minimum atomic E-state index is -3.31. The molecule has 6 heteroatoms. The second-order valence-electron chi connectivity index (χ2n) is 4.90. The van der Waals surface area contributed by atoms with E-state index in [2.05, 4.69) is 15.0 Å². The first-order chi connectivity index (χ1) is 10.1. The number of aromatic nitrogens is 1. The normalized spacial score (nSPS) is 11.7. The van der Waals surface area contributed by atoms with Gasteiger partial charge in [-0.15, -0.1) is 0 Å². The Balaban J connectivity index is 1.95. The number of unbranched alkanes of at least 4 members (excludes halogenated alkanes) is 1. The van der Waals surface area contributed by atoms with Crippen molar-refractivity contribution in [2.24, 2.45) is 0 Å². The van der Waals surface area contributed by atoms with Gasteiger partial charge in [-0.1, -0.05) is 25.1 Å². The van der Waals surface area contributed by atoms with Crippen molar-refractivity contribution < 1.29 is 8.42 Å². The van der Waals surface area contributed by atoms with Crippen LogP contribution in [0, 0.1) is 0 Å². The van der Waals surface area contributed by atoms with E-state index in [0.29, 0.717) is 12.1 Å². The second kappa shape index (κ2) is 7.38. The van der Waals surface area contributed by atoms with Crippen molar-refractivity contribution in [3.05, 3.63) is 36.5 Å². The quantitative estimate of drug-likeness (QED) is 0.735. The topological polar surface area (TPSA) is 71.1 Å². The number of hydrogen-bond donors (Lipinski definition) is 2. The van der Waals surface area contributed by atoms with E-state index in [-0.39, 0.29) is 5.75 Å². The molecule has 0 saturated heterocycles. The number of anilines is 1. The smallest absolute Gasteiger partial charge is 0.232 e. The third-order valence-electron chi connectivity index (χ3n) is 3.13. The minimum absolute atomic E-state index is 0.130. The Morgan fingerprint density at radius 1 is 1.19 bits per heavy atom. The number of pyridine rings is 1. The maximum Gasteiger partial charge on any atom is 0.232 e. The van der Waals surface area contributed by atoms with Crippen LogP contribution in [0.5, 0.6) is 0 Å². The lowest BCUT2D eigenvalue weighted by atomic mass is 10.2. The third kappa shape index (κ3) is 4.99. The molecule has 21 heavy (non-hydrogen) atoms. The lowest BCUT2D eigenvalue weighted by Crippen LogP contribution is -2.19. The summed E-state index contributed by atoms with van der Waals surface area (Å²) < 4.78 is 26.6. The van der Waals surface area contributed by atoms with E-state index < -0.39 is 10.0 Å². The van der Waals surface area contributed by atoms with Crippen LogP contribution >= 0.6 is 0 Å². The van der Waals surface area contributed by atoms with E-state index in [9.17, 15) is 8.42 Å². The van der Waals surface area contributed by atoms with Gasteiger partial charge < -0.3 is 5.32 Å². The summed E-state index contributed by atoms with van der Waals surface area (Å²) in [7, 11) is -3.31. The van der Waals surface area contributed by atoms with Crippen molar-refractivity contribution in [1.29, 1.82) is 0 Å². The lowest BCUT2D eigenvalue weighted by Gasteiger charge is -2.08. The molecule has 1 aromatic heterocycles. The van der Waals surface area contributed by atoms with E-state index in [0.717, 1.165) is 30.4 Å². The number of nitrogens with one attached hydrogen (secondary N) is 2. The Morgan fingerprint density at radius 2 is 2.00 bits per heavy atom. The van der Waals surface area contributed by atoms with Crippen molar-refractivity contribution in [2.45, 2.75) is 19.8 Å². The van der Waals surface area contributed by atoms with Gasteiger partial charge in [0.05, 0.1) is 23.2 Å². The molecule has 1 heterocycles. The van der Waals surface area contributed by atoms with Crippen LogP contribution in [0.4, 0.5) is 5.69 Å². The number of nitrogens with zero attached hydrogens (tertiary/aromatic N) is 1. The highest BCUT2D eigenvalue weighted by Gasteiger charge is 2.10. The highest BCUT2D eigenvalue weighted by atomic mass is 32.2. The monoisotopic (exact) mass is 307 g/mol. The summed E-state index contributed by atoms with van der Waals surface area (Å²) in [4.78, 5) is 4.25. The maximum atomic E-state index is 12.0. The summed E-state index contributed by atoms with van der Waals surface area (Å²) in [5.41, 5.74) is 1.37. The zero-order chi connectivity index (χ0) is 15.1. The largest absolute Gasteiger partial charge is 0.317 e. The molecule has 2 aromatic rings. The molecule has 5 nitrogen and oxygen atoms in total. The average molecular weight is 307 g/mol. The van der Waals surface area contributed by atoms with Gasteiger partial charge >= 0.3 is 0 Å². The number of para-hydroxylation sites is 1. The molecular weight excluding hydrogens is 286 g/mol. The fraction of sp³-hybridized carbons (Fsp3) is 0.400. The predicted octanol–water partition coefficient (Wildman–Crippen LogP) is 2.37. The van der Waals surface area contributed by atoms with Gasteiger partial charge in [-0.25, -0.2) is 8.42 Å². The van der Waals surface area contributed by atoms with Gasteiger partial charge in [-0.3, -0.25) is 9.71 Å². The van der Waals surface area contributed by atoms with Crippen LogP contribution in [0.2, 0.25) is 0 Å². The van der Waals surface area contributed by atoms with Crippen LogP contribution in [-0.2, 0) is 10.0 Å². The van der Waals surface area contributed by atoms with Gasteiger partial charge in [0.1, 0.15) is 0 Å². The SMILES string of the molecule is CCNCCCCS(=O)(=O)Nc1cnc2ccccc2c1. The van der Waals surface area contributed by atoms with Crippen LogP contribution in [0.25, 0.3) is 10.9 Å². The molecule has 0 unspecified atom stereocenters. The van der Waals surface area contributed by atoms with E-state index in [1.165, 1.54) is 0 Å². The summed E-state index contributed by atoms with van der Waals surface area (Å²) >= 11 is 0. The van der Waals surface area contributed by atoms with Gasteiger partial charge in [-0.05, 0) is 38.1 Å². The second-order valence-corrected chi connectivity index (χ2v) is 6.74. The highest BCUT2D eigenvalue weighted by Crippen LogP contribution is 2.17. The van der Waals surface area contributed by atoms with Gasteiger partial charge in [0.25, 0.3) is 0 Å². The van der Waals surface area contributed by atoms with E-state index >= 15 is 0 Å². The minimum Gasteiger partial charge on any atom is -0.317 e. The highest BCUT2D eigenvalue weighted by molar-refractivity contribution is 7.92. The van der Waals surface area contributed by atoms with Crippen LogP contribution < -0.4 is 10.0 Å². The van der Waals surface area contributed by atoms with E-state index in [4.69, 9.17) is 0 Å². The van der Waals surface area contributed by atoms with Crippen LogP contribution in [-0.4, -0.2) is 32.2 Å². The van der Waals surface area contributed by atoms with Gasteiger partial charge in [-0.2, -0.15) is 0 Å². The molecule has 0 fully saturated rings. The maximum absolute atomic E-state index is 12.0. The molecule has 0 amide bonds. The Labute approximate surface area is 125 Å². The molecule has 2 rings (SSSR count). The molecule has 0 aliphatic rings. The molecule has 0 atom stereocenters. The molecule has 0 aliphatic heterocycles. The summed E-state index contributed by atoms with van der Waals surface area (Å²) in [6.45, 7) is 3.79. The predicted molar refractivity (Wildman–Crippen MR) is 86.9 cm³/mol. The number of rotatable bonds is 8. The zero-order valence-electron chi connectivity index (χ0n) is 12.2. The van der Waals surface area contributed by atoms with Gasteiger partial charge in [0, 0.05) is 5.39 Å². The standard InChI is InChI=1S/C15H21N3O2S/c1-2-16-9-5-6-10-21(19,20)18-14-11-13-7-3-4-8-15(13)17-12-14/h3-4,7-8,11-12,16,18H,2,5-6,9-10H2,1H3. The number of benzene rings is 1.